The van der Waals surface area contributed by atoms with Crippen LogP contribution in [0.4, 0.5) is 0 Å². The molecule has 0 unspecified atom stereocenters. The van der Waals surface area contributed by atoms with Gasteiger partial charge >= 0.3 is 0 Å². The summed E-state index contributed by atoms with van der Waals surface area (Å²) in [4.78, 5) is 4.34. The van der Waals surface area contributed by atoms with Crippen molar-refractivity contribution >= 4 is 0 Å². The first-order valence-corrected chi connectivity index (χ1v) is 4.30. The Balaban J connectivity index is 2.33. The summed E-state index contributed by atoms with van der Waals surface area (Å²) in [5, 5.41) is 0. The van der Waals surface area contributed by atoms with Gasteiger partial charge in [-0.1, -0.05) is 4.98 Å². The summed E-state index contributed by atoms with van der Waals surface area (Å²) in [6, 6.07) is 2.01. The van der Waals surface area contributed by atoms with Gasteiger partial charge in [-0.15, -0.1) is 0 Å². The molecule has 0 spiro atoms. The standard InChI is InChI=1S/C9H13N2/c1-2-5-9-10-6-4-8-11(9)7-3-1/h4,6,8H,1-3,5,7H2/q+1. The zero-order valence-electron chi connectivity index (χ0n) is 6.66. The zero-order chi connectivity index (χ0) is 7.52. The lowest BCUT2D eigenvalue weighted by molar-refractivity contribution is -0.706. The molecule has 2 heterocycles. The summed E-state index contributed by atoms with van der Waals surface area (Å²) in [7, 11) is 0. The quantitative estimate of drug-likeness (QED) is 0.505. The minimum atomic E-state index is 1.15. The van der Waals surface area contributed by atoms with Gasteiger partial charge in [0.15, 0.2) is 0 Å². The van der Waals surface area contributed by atoms with E-state index in [-0.39, 0.29) is 0 Å². The van der Waals surface area contributed by atoms with Crippen molar-refractivity contribution in [2.75, 3.05) is 0 Å². The topological polar surface area (TPSA) is 16.8 Å². The average Bonchev–Trinajstić information content (AvgIpc) is 2.28. The van der Waals surface area contributed by atoms with E-state index in [9.17, 15) is 0 Å². The maximum absolute atomic E-state index is 4.34. The Morgan fingerprint density at radius 3 is 3.27 bits per heavy atom. The fourth-order valence-corrected chi connectivity index (χ4v) is 1.59. The van der Waals surface area contributed by atoms with Crippen molar-refractivity contribution in [1.29, 1.82) is 0 Å². The minimum Gasteiger partial charge on any atom is -0.235 e. The van der Waals surface area contributed by atoms with E-state index in [1.54, 1.807) is 0 Å². The fourth-order valence-electron chi connectivity index (χ4n) is 1.59. The van der Waals surface area contributed by atoms with Gasteiger partial charge < -0.3 is 0 Å². The van der Waals surface area contributed by atoms with Crippen molar-refractivity contribution in [3.63, 3.8) is 0 Å². The summed E-state index contributed by atoms with van der Waals surface area (Å²) in [6.45, 7) is 1.16. The lowest BCUT2D eigenvalue weighted by Gasteiger charge is -1.95. The van der Waals surface area contributed by atoms with Crippen LogP contribution in [0, 0.1) is 0 Å². The number of hydrogen-bond acceptors (Lipinski definition) is 1. The molecule has 0 fully saturated rings. The third-order valence-corrected chi connectivity index (χ3v) is 2.21. The van der Waals surface area contributed by atoms with Gasteiger partial charge in [0.25, 0.3) is 5.82 Å². The van der Waals surface area contributed by atoms with E-state index < -0.39 is 0 Å². The number of hydrogen-bond donors (Lipinski definition) is 0. The van der Waals surface area contributed by atoms with E-state index in [0.29, 0.717) is 0 Å². The van der Waals surface area contributed by atoms with Crippen LogP contribution in [0.25, 0.3) is 0 Å². The molecular weight excluding hydrogens is 136 g/mol. The molecule has 2 nitrogen and oxygen atoms in total. The second-order valence-electron chi connectivity index (χ2n) is 3.04. The Kier molecular flexibility index (Phi) is 1.84. The molecule has 0 atom stereocenters. The van der Waals surface area contributed by atoms with E-state index in [0.717, 1.165) is 13.0 Å². The predicted octanol–water partition coefficient (Wildman–Crippen LogP) is 1.10. The molecular formula is C9H13N2+. The summed E-state index contributed by atoms with van der Waals surface area (Å²) in [5.41, 5.74) is 0. The molecule has 1 aromatic rings. The number of aryl methyl sites for hydroxylation is 2. The molecule has 11 heavy (non-hydrogen) atoms. The molecule has 2 rings (SSSR count). The van der Waals surface area contributed by atoms with Crippen LogP contribution in [0.1, 0.15) is 25.1 Å². The van der Waals surface area contributed by atoms with Crippen molar-refractivity contribution in [3.8, 4) is 0 Å². The van der Waals surface area contributed by atoms with Gasteiger partial charge in [-0.25, -0.2) is 4.57 Å². The molecule has 1 aromatic heterocycles. The second kappa shape index (κ2) is 2.99. The summed E-state index contributed by atoms with van der Waals surface area (Å²) < 4.78 is 2.27. The maximum atomic E-state index is 4.34. The van der Waals surface area contributed by atoms with Crippen molar-refractivity contribution in [3.05, 3.63) is 24.3 Å². The van der Waals surface area contributed by atoms with Crippen molar-refractivity contribution in [2.45, 2.75) is 32.2 Å². The molecule has 1 aliphatic heterocycles. The Labute approximate surface area is 66.9 Å². The molecule has 0 N–H and O–H groups in total. The smallest absolute Gasteiger partial charge is 0.235 e. The van der Waals surface area contributed by atoms with Gasteiger partial charge in [-0.05, 0) is 19.3 Å². The molecule has 58 valence electrons. The van der Waals surface area contributed by atoms with Gasteiger partial charge in [0.05, 0.1) is 19.2 Å². The van der Waals surface area contributed by atoms with Gasteiger partial charge in [-0.3, -0.25) is 0 Å². The highest BCUT2D eigenvalue weighted by atomic mass is 15.0. The molecule has 0 saturated carbocycles. The third-order valence-electron chi connectivity index (χ3n) is 2.21. The minimum absolute atomic E-state index is 1.15. The van der Waals surface area contributed by atoms with Gasteiger partial charge in [0, 0.05) is 6.07 Å². The first-order chi connectivity index (χ1) is 5.47. The van der Waals surface area contributed by atoms with Gasteiger partial charge in [0.1, 0.15) is 6.20 Å². The summed E-state index contributed by atoms with van der Waals surface area (Å²) in [5.74, 6) is 1.25. The molecule has 0 saturated heterocycles. The average molecular weight is 149 g/mol. The number of rotatable bonds is 0. The number of fused-ring (bicyclic) bond motifs is 1. The second-order valence-corrected chi connectivity index (χ2v) is 3.04. The largest absolute Gasteiger partial charge is 0.298 e. The van der Waals surface area contributed by atoms with E-state index >= 15 is 0 Å². The van der Waals surface area contributed by atoms with Crippen LogP contribution in [-0.4, -0.2) is 4.98 Å². The van der Waals surface area contributed by atoms with Crippen LogP contribution in [-0.2, 0) is 13.0 Å². The predicted molar refractivity (Wildman–Crippen MR) is 42.0 cm³/mol. The van der Waals surface area contributed by atoms with E-state index in [1.165, 1.54) is 25.1 Å². The zero-order valence-corrected chi connectivity index (χ0v) is 6.66. The summed E-state index contributed by atoms with van der Waals surface area (Å²) in [6.07, 6.45) is 9.13. The molecule has 0 bridgehead atoms. The van der Waals surface area contributed by atoms with E-state index in [4.69, 9.17) is 0 Å². The molecule has 0 radical (unpaired) electrons. The Morgan fingerprint density at radius 2 is 2.27 bits per heavy atom. The van der Waals surface area contributed by atoms with Crippen molar-refractivity contribution in [1.82, 2.24) is 4.98 Å². The van der Waals surface area contributed by atoms with Crippen molar-refractivity contribution < 1.29 is 4.57 Å². The highest BCUT2D eigenvalue weighted by Gasteiger charge is 2.13. The lowest BCUT2D eigenvalue weighted by atomic mass is 10.2. The van der Waals surface area contributed by atoms with Gasteiger partial charge in [0.2, 0.25) is 0 Å². The summed E-state index contributed by atoms with van der Waals surface area (Å²) >= 11 is 0. The Bertz CT molecular complexity index is 220. The first-order valence-electron chi connectivity index (χ1n) is 4.30. The van der Waals surface area contributed by atoms with Crippen LogP contribution < -0.4 is 4.57 Å². The normalized spacial score (nSPS) is 17.1. The Morgan fingerprint density at radius 1 is 1.27 bits per heavy atom. The van der Waals surface area contributed by atoms with Crippen LogP contribution in [0.2, 0.25) is 0 Å². The van der Waals surface area contributed by atoms with E-state index in [1.807, 2.05) is 12.3 Å². The first kappa shape index (κ1) is 6.77. The number of nitrogens with zero attached hydrogens (tertiary/aromatic N) is 2. The van der Waals surface area contributed by atoms with Gasteiger partial charge in [-0.2, -0.15) is 0 Å². The monoisotopic (exact) mass is 149 g/mol. The van der Waals surface area contributed by atoms with Crippen molar-refractivity contribution in [2.24, 2.45) is 0 Å². The SMILES string of the molecule is c1cnc2[n+](c1)CCCCC2. The molecule has 1 aliphatic rings. The van der Waals surface area contributed by atoms with Crippen LogP contribution in [0.3, 0.4) is 0 Å². The Hall–Kier alpha value is -0.920. The van der Waals surface area contributed by atoms with E-state index in [2.05, 4.69) is 15.7 Å². The third kappa shape index (κ3) is 1.39. The molecule has 0 amide bonds. The maximum Gasteiger partial charge on any atom is 0.298 e. The molecule has 0 aliphatic carbocycles. The van der Waals surface area contributed by atoms with Crippen LogP contribution >= 0.6 is 0 Å². The number of aromatic nitrogens is 2. The van der Waals surface area contributed by atoms with Crippen LogP contribution in [0.5, 0.6) is 0 Å². The molecule has 2 heteroatoms. The van der Waals surface area contributed by atoms with Crippen LogP contribution in [0.15, 0.2) is 18.5 Å². The lowest BCUT2D eigenvalue weighted by Crippen LogP contribution is -2.37. The molecule has 0 aromatic carbocycles. The highest BCUT2D eigenvalue weighted by Crippen LogP contribution is 2.04. The fraction of sp³-hybridized carbons (Fsp3) is 0.556. The highest BCUT2D eigenvalue weighted by molar-refractivity contribution is 4.81.